The van der Waals surface area contributed by atoms with E-state index in [2.05, 4.69) is 42.2 Å². The summed E-state index contributed by atoms with van der Waals surface area (Å²) in [5, 5.41) is 3.91. The van der Waals surface area contributed by atoms with Gasteiger partial charge in [-0.25, -0.2) is 0 Å². The zero-order valence-electron chi connectivity index (χ0n) is 16.0. The van der Waals surface area contributed by atoms with Crippen molar-refractivity contribution < 1.29 is 9.32 Å². The fourth-order valence-electron chi connectivity index (χ4n) is 2.87. The van der Waals surface area contributed by atoms with Gasteiger partial charge >= 0.3 is 0 Å². The number of benzene rings is 2. The minimum Gasteiger partial charge on any atom is -0.340 e. The number of nitrogens with zero attached hydrogens (tertiary/aromatic N) is 3. The van der Waals surface area contributed by atoms with Gasteiger partial charge in [0.25, 0.3) is 5.91 Å². The Hall–Kier alpha value is -2.60. The first-order valence-corrected chi connectivity index (χ1v) is 9.75. The number of carbonyl (C=O) groups excluding carboxylic acids is 1. The topological polar surface area (TPSA) is 59.2 Å². The van der Waals surface area contributed by atoms with Crippen LogP contribution in [0.5, 0.6) is 0 Å². The Morgan fingerprint density at radius 1 is 1.15 bits per heavy atom. The van der Waals surface area contributed by atoms with Gasteiger partial charge in [-0.1, -0.05) is 41.1 Å². The van der Waals surface area contributed by atoms with Gasteiger partial charge in [0.1, 0.15) is 0 Å². The molecule has 3 rings (SSSR count). The van der Waals surface area contributed by atoms with E-state index < -0.39 is 0 Å². The molecule has 0 N–H and O–H groups in total. The highest BCUT2D eigenvalue weighted by Gasteiger charge is 2.17. The average molecular weight is 382 g/mol. The van der Waals surface area contributed by atoms with E-state index in [0.717, 1.165) is 10.5 Å². The van der Waals surface area contributed by atoms with Crippen molar-refractivity contribution in [2.45, 2.75) is 38.0 Å². The molecular weight excluding hydrogens is 358 g/mol. The summed E-state index contributed by atoms with van der Waals surface area (Å²) in [4.78, 5) is 19.9. The minimum atomic E-state index is 0.00219. The molecule has 1 heterocycles. The van der Waals surface area contributed by atoms with Gasteiger partial charge < -0.3 is 9.42 Å². The Bertz CT molecular complexity index is 952. The summed E-state index contributed by atoms with van der Waals surface area (Å²) >= 11 is 1.54. The van der Waals surface area contributed by atoms with Gasteiger partial charge in [-0.05, 0) is 37.1 Å². The highest BCUT2D eigenvalue weighted by molar-refractivity contribution is 7.98. The molecule has 0 aliphatic rings. The molecule has 6 heteroatoms. The Balaban J connectivity index is 1.73. The van der Waals surface area contributed by atoms with Crippen LogP contribution in [-0.4, -0.2) is 28.0 Å². The lowest BCUT2D eigenvalue weighted by Crippen LogP contribution is -2.27. The summed E-state index contributed by atoms with van der Waals surface area (Å²) in [6.07, 6.45) is 0. The summed E-state index contributed by atoms with van der Waals surface area (Å²) in [7, 11) is 1.84. The Morgan fingerprint density at radius 2 is 1.93 bits per heavy atom. The quantitative estimate of drug-likeness (QED) is 0.586. The molecule has 5 nitrogen and oxygen atoms in total. The van der Waals surface area contributed by atoms with Crippen LogP contribution in [0, 0.1) is 20.8 Å². The van der Waals surface area contributed by atoms with E-state index in [1.807, 2.05) is 31.3 Å². The van der Waals surface area contributed by atoms with Crippen molar-refractivity contribution >= 4 is 17.7 Å². The minimum absolute atomic E-state index is 0.00219. The molecule has 0 atom stereocenters. The van der Waals surface area contributed by atoms with Crippen LogP contribution < -0.4 is 0 Å². The summed E-state index contributed by atoms with van der Waals surface area (Å²) in [5.41, 5.74) is 4.27. The zero-order chi connectivity index (χ0) is 19.4. The second-order valence-corrected chi connectivity index (χ2v) is 7.62. The highest BCUT2D eigenvalue weighted by atomic mass is 32.2. The van der Waals surface area contributed by atoms with Crippen LogP contribution in [0.1, 0.15) is 38.8 Å². The van der Waals surface area contributed by atoms with E-state index >= 15 is 0 Å². The molecule has 0 spiro atoms. The van der Waals surface area contributed by atoms with Gasteiger partial charge in [-0.3, -0.25) is 4.79 Å². The van der Waals surface area contributed by atoms with Crippen molar-refractivity contribution in [1.29, 1.82) is 0 Å². The third kappa shape index (κ3) is 4.77. The van der Waals surface area contributed by atoms with Gasteiger partial charge in [0, 0.05) is 25.4 Å². The van der Waals surface area contributed by atoms with Crippen molar-refractivity contribution in [3.05, 3.63) is 76.4 Å². The van der Waals surface area contributed by atoms with Crippen molar-refractivity contribution in [1.82, 2.24) is 15.0 Å². The van der Waals surface area contributed by atoms with E-state index in [1.165, 1.54) is 22.9 Å². The lowest BCUT2D eigenvalue weighted by atomic mass is 10.1. The zero-order valence-corrected chi connectivity index (χ0v) is 16.8. The normalized spacial score (nSPS) is 10.8. The number of thioether (sulfide) groups is 1. The summed E-state index contributed by atoms with van der Waals surface area (Å²) in [5.74, 6) is 1.73. The van der Waals surface area contributed by atoms with Gasteiger partial charge in [-0.2, -0.15) is 4.98 Å². The molecule has 0 fully saturated rings. The van der Waals surface area contributed by atoms with Crippen molar-refractivity contribution in [2.75, 3.05) is 7.05 Å². The van der Waals surface area contributed by atoms with E-state index in [1.54, 1.807) is 11.8 Å². The summed E-state index contributed by atoms with van der Waals surface area (Å²) < 4.78 is 5.01. The standard InChI is InChI=1S/C21H23N3O2S/c1-14-9-10-17(15(2)11-14)12-24(4)21(25)18-7-5-6-8-19(18)27-13-20-22-16(3)26-23-20/h5-11H,12-13H2,1-4H3. The average Bonchev–Trinajstić information content (AvgIpc) is 3.07. The number of hydrogen-bond acceptors (Lipinski definition) is 5. The molecule has 0 bridgehead atoms. The third-order valence-electron chi connectivity index (χ3n) is 4.30. The van der Waals surface area contributed by atoms with Gasteiger partial charge in [0.05, 0.1) is 11.3 Å². The third-order valence-corrected chi connectivity index (χ3v) is 5.37. The molecule has 0 aliphatic heterocycles. The van der Waals surface area contributed by atoms with Crippen molar-refractivity contribution in [3.8, 4) is 0 Å². The maximum Gasteiger partial charge on any atom is 0.255 e. The molecule has 27 heavy (non-hydrogen) atoms. The lowest BCUT2D eigenvalue weighted by molar-refractivity contribution is 0.0781. The molecule has 2 aromatic carbocycles. The SMILES string of the molecule is Cc1ccc(CN(C)C(=O)c2ccccc2SCc2noc(C)n2)c(C)c1. The van der Waals surface area contributed by atoms with E-state index in [9.17, 15) is 4.79 Å². The maximum absolute atomic E-state index is 13.0. The molecular formula is C21H23N3O2S. The lowest BCUT2D eigenvalue weighted by Gasteiger charge is -2.20. The second kappa shape index (κ2) is 8.39. The number of amides is 1. The van der Waals surface area contributed by atoms with E-state index in [4.69, 9.17) is 4.52 Å². The maximum atomic E-state index is 13.0. The first-order chi connectivity index (χ1) is 12.9. The fraction of sp³-hybridized carbons (Fsp3) is 0.286. The number of aromatic nitrogens is 2. The highest BCUT2D eigenvalue weighted by Crippen LogP contribution is 2.27. The monoisotopic (exact) mass is 381 g/mol. The van der Waals surface area contributed by atoms with Crippen LogP contribution in [0.2, 0.25) is 0 Å². The van der Waals surface area contributed by atoms with Crippen LogP contribution in [0.15, 0.2) is 51.9 Å². The van der Waals surface area contributed by atoms with Crippen LogP contribution in [0.4, 0.5) is 0 Å². The first-order valence-electron chi connectivity index (χ1n) is 8.76. The Kier molecular flexibility index (Phi) is 5.96. The van der Waals surface area contributed by atoms with Crippen molar-refractivity contribution in [3.63, 3.8) is 0 Å². The first kappa shape index (κ1) is 19.2. The second-order valence-electron chi connectivity index (χ2n) is 6.61. The van der Waals surface area contributed by atoms with Gasteiger partial charge in [-0.15, -0.1) is 11.8 Å². The predicted octanol–water partition coefficient (Wildman–Crippen LogP) is 4.56. The molecule has 0 saturated heterocycles. The van der Waals surface area contributed by atoms with Crippen LogP contribution in [0.25, 0.3) is 0 Å². The molecule has 140 valence electrons. The molecule has 1 amide bonds. The molecule has 0 aliphatic carbocycles. The fourth-order valence-corrected chi connectivity index (χ4v) is 3.76. The molecule has 0 radical (unpaired) electrons. The predicted molar refractivity (Wildman–Crippen MR) is 107 cm³/mol. The molecule has 0 unspecified atom stereocenters. The Labute approximate surface area is 163 Å². The number of rotatable bonds is 6. The largest absolute Gasteiger partial charge is 0.340 e. The van der Waals surface area contributed by atoms with E-state index in [-0.39, 0.29) is 5.91 Å². The number of hydrogen-bond donors (Lipinski definition) is 0. The molecule has 0 saturated carbocycles. The number of aryl methyl sites for hydroxylation is 3. The van der Waals surface area contributed by atoms with Crippen molar-refractivity contribution in [2.24, 2.45) is 0 Å². The smallest absolute Gasteiger partial charge is 0.255 e. The van der Waals surface area contributed by atoms with Crippen LogP contribution >= 0.6 is 11.8 Å². The van der Waals surface area contributed by atoms with Crippen LogP contribution in [0.3, 0.4) is 0 Å². The van der Waals surface area contributed by atoms with E-state index in [0.29, 0.717) is 29.6 Å². The summed E-state index contributed by atoms with van der Waals surface area (Å²) in [6, 6.07) is 14.0. The summed E-state index contributed by atoms with van der Waals surface area (Å²) in [6.45, 7) is 6.50. The van der Waals surface area contributed by atoms with Gasteiger partial charge in [0.2, 0.25) is 5.89 Å². The molecule has 3 aromatic rings. The number of carbonyl (C=O) groups is 1. The Morgan fingerprint density at radius 3 is 2.63 bits per heavy atom. The van der Waals surface area contributed by atoms with Gasteiger partial charge in [0.15, 0.2) is 5.82 Å². The molecule has 1 aromatic heterocycles. The van der Waals surface area contributed by atoms with Crippen LogP contribution in [-0.2, 0) is 12.3 Å².